The first-order valence-corrected chi connectivity index (χ1v) is 16.9. The van der Waals surface area contributed by atoms with Gasteiger partial charge in [-0.05, 0) is 31.9 Å². The van der Waals surface area contributed by atoms with E-state index in [9.17, 15) is 211 Å². The largest absolute Gasteiger partial charge is 0.436 e. The zero-order valence-electron chi connectivity index (χ0n) is 31.3. The van der Waals surface area contributed by atoms with Crippen molar-refractivity contribution < 1.29 is 215 Å². The third-order valence-corrected chi connectivity index (χ3v) is 11.0. The van der Waals surface area contributed by atoms with Crippen molar-refractivity contribution in [2.75, 3.05) is 0 Å². The van der Waals surface area contributed by atoms with Crippen molar-refractivity contribution >= 4 is 31.9 Å². The highest BCUT2D eigenvalue weighted by atomic mass is 79.9. The van der Waals surface area contributed by atoms with Crippen LogP contribution < -0.4 is 0 Å². The van der Waals surface area contributed by atoms with Crippen molar-refractivity contribution in [3.63, 3.8) is 0 Å². The Labute approximate surface area is 388 Å². The Balaban J connectivity index is 8.00. The Morgan fingerprint density at radius 2 is 0.267 bits per heavy atom. The smallest absolute Gasteiger partial charge is 0.245 e. The summed E-state index contributed by atoms with van der Waals surface area (Å²) in [6, 6.07) is 0. The molecule has 0 bridgehead atoms. The van der Waals surface area contributed by atoms with Gasteiger partial charge in [-0.2, -0.15) is 193 Å². The second kappa shape index (κ2) is 17.5. The van der Waals surface area contributed by atoms with Crippen LogP contribution in [-0.4, -0.2) is 140 Å². The summed E-state index contributed by atoms with van der Waals surface area (Å²) in [7, 11) is 0. The minimum atomic E-state index is -10.5. The highest BCUT2D eigenvalue weighted by Crippen LogP contribution is 2.72. The molecule has 0 aromatic heterocycles. The molecule has 0 aliphatic heterocycles. The monoisotopic (exact) mass is 1370 g/mol. The zero-order chi connectivity index (χ0) is 62.7. The van der Waals surface area contributed by atoms with Crippen molar-refractivity contribution in [1.82, 2.24) is 0 Å². The molecule has 51 heteroatoms. The van der Waals surface area contributed by atoms with E-state index in [2.05, 4.69) is 0 Å². The molecule has 0 radical (unpaired) electrons. The third kappa shape index (κ3) is 8.52. The van der Waals surface area contributed by atoms with Crippen LogP contribution in [0, 0.1) is 0 Å². The number of hydrogen-bond acceptors (Lipinski definition) is 1. The van der Waals surface area contributed by atoms with E-state index in [0.717, 1.165) is 0 Å². The summed E-state index contributed by atoms with van der Waals surface area (Å²) in [6.07, 6.45) is -54.9. The molecule has 0 N–H and O–H groups in total. The second-order valence-corrected chi connectivity index (χ2v) is 15.8. The number of alkyl halides is 50. The highest BCUT2D eigenvalue weighted by Gasteiger charge is 3.03. The predicted molar refractivity (Wildman–Crippen MR) is 138 cm³/mol. The Bertz CT molecular complexity index is 1880. The summed E-state index contributed by atoms with van der Waals surface area (Å²) in [5.41, 5.74) is -18.1. The van der Waals surface area contributed by atoms with Crippen LogP contribution in [0.1, 0.15) is 0 Å². The Kier molecular flexibility index (Phi) is 17.0. The minimum Gasteiger partial charge on any atom is -0.245 e. The number of halogens is 50. The summed E-state index contributed by atoms with van der Waals surface area (Å²) in [6.45, 7) is 0. The Hall–Kier alpha value is -2.44. The maximum absolute atomic E-state index is 14.2. The molecule has 0 aromatic carbocycles. The number of hydrogen-bond donors (Lipinski definition) is 0. The fourth-order valence-electron chi connectivity index (χ4n) is 4.49. The average molecular weight is 1380 g/mol. The summed E-state index contributed by atoms with van der Waals surface area (Å²) in [5, 5.41) is 0. The normalized spacial score (nSPS) is 18.8. The van der Waals surface area contributed by atoms with Crippen molar-refractivity contribution in [2.45, 2.75) is 140 Å². The average Bonchev–Trinajstić information content (AvgIpc) is 3.13. The van der Waals surface area contributed by atoms with Gasteiger partial charge in [0.15, 0.2) is 0 Å². The van der Waals surface area contributed by atoms with Crippen LogP contribution in [0.15, 0.2) is 0 Å². The molecule has 0 saturated carbocycles. The zero-order valence-corrected chi connectivity index (χ0v) is 34.5. The quantitative estimate of drug-likeness (QED) is 0.0872. The van der Waals surface area contributed by atoms with E-state index in [1.807, 2.05) is 0 Å². The molecule has 0 spiro atoms. The SMILES string of the molecule is FC(F)(F)C(F)(C(F)(F)F)C(F)(Br)C(F)(F)C(F)(F)C(F)(F)C(F)(F)C(F)(F)C(F)(F)C(F)(F)C(F)(F)OC(F)(F)C(F)(F)C(F)(F)C(F)(F)C(F)(F)C(F)(F)C(F)(F)C(F)(F)C(F)(Br)C(F)(C(F)(F)F)C(F)(F)F. The number of rotatable bonds is 20. The van der Waals surface area contributed by atoms with Gasteiger partial charge in [0.05, 0.1) is 0 Å². The van der Waals surface area contributed by atoms with E-state index in [-0.39, 0.29) is 4.74 Å². The molecule has 75 heavy (non-hydrogen) atoms. The van der Waals surface area contributed by atoms with Crippen molar-refractivity contribution in [1.29, 1.82) is 0 Å². The second-order valence-electron chi connectivity index (χ2n) is 13.6. The van der Waals surface area contributed by atoms with Gasteiger partial charge in [0.2, 0.25) is 0 Å². The van der Waals surface area contributed by atoms with Gasteiger partial charge in [-0.3, -0.25) is 0 Å². The lowest BCUT2D eigenvalue weighted by Gasteiger charge is -2.47. The van der Waals surface area contributed by atoms with E-state index in [1.165, 1.54) is 0 Å². The first kappa shape index (κ1) is 72.6. The Morgan fingerprint density at radius 1 is 0.160 bits per heavy atom. The lowest BCUT2D eigenvalue weighted by molar-refractivity contribution is -0.530. The summed E-state index contributed by atoms with van der Waals surface area (Å²) < 4.78 is 641. The lowest BCUT2D eigenvalue weighted by atomic mass is 9.83. The van der Waals surface area contributed by atoms with Crippen molar-refractivity contribution in [3.8, 4) is 0 Å². The third-order valence-electron chi connectivity index (χ3n) is 8.94. The van der Waals surface area contributed by atoms with Gasteiger partial charge >= 0.3 is 131 Å². The van der Waals surface area contributed by atoms with Gasteiger partial charge in [0.25, 0.3) is 9.16 Å². The maximum atomic E-state index is 14.2. The molecule has 0 amide bonds. The summed E-state index contributed by atoms with van der Waals surface area (Å²) >= 11 is -1.32. The van der Waals surface area contributed by atoms with Gasteiger partial charge in [-0.1, -0.05) is 0 Å². The Morgan fingerprint density at radius 3 is 0.387 bits per heavy atom. The van der Waals surface area contributed by atoms with Gasteiger partial charge in [-0.25, -0.2) is 22.3 Å². The molecule has 452 valence electrons. The van der Waals surface area contributed by atoms with E-state index in [1.54, 1.807) is 0 Å². The van der Waals surface area contributed by atoms with Gasteiger partial charge in [0, 0.05) is 0 Å². The molecule has 0 heterocycles. The van der Waals surface area contributed by atoms with E-state index < -0.39 is 172 Å². The van der Waals surface area contributed by atoms with Crippen LogP contribution in [0.5, 0.6) is 0 Å². The van der Waals surface area contributed by atoms with E-state index in [0.29, 0.717) is 0 Å². The van der Waals surface area contributed by atoms with Crippen LogP contribution >= 0.6 is 31.9 Å². The molecule has 0 aliphatic carbocycles. The molecule has 0 rings (SSSR count). The molecule has 0 aliphatic rings. The van der Waals surface area contributed by atoms with E-state index >= 15 is 0 Å². The fraction of sp³-hybridized carbons (Fsp3) is 1.00. The van der Waals surface area contributed by atoms with Gasteiger partial charge < -0.3 is 0 Å². The van der Waals surface area contributed by atoms with Crippen molar-refractivity contribution in [3.05, 3.63) is 0 Å². The highest BCUT2D eigenvalue weighted by molar-refractivity contribution is 9.10. The van der Waals surface area contributed by atoms with Crippen molar-refractivity contribution in [2.24, 2.45) is 0 Å². The van der Waals surface area contributed by atoms with Crippen LogP contribution in [0.25, 0.3) is 0 Å². The standard InChI is InChI=1S/C24Br2F48O/c25-3(29,1(27,19(59,60)61)20(62,63)64)5(31,32)7(35,36)9(39,40)11(43,44)13(47,48)15(51,52)17(55,56)23(71,72)75-24(73,74)18(57,58)16(53,54)14(49,50)12(45,46)10(41,42)8(37,38)6(33,34)4(26,30)2(28,21(65,66)67)22(68,69)70. The summed E-state index contributed by atoms with van der Waals surface area (Å²) in [4.78, 5) is 0. The topological polar surface area (TPSA) is 9.23 Å². The van der Waals surface area contributed by atoms with Crippen LogP contribution in [0.2, 0.25) is 0 Å². The fourth-order valence-corrected chi connectivity index (χ4v) is 5.88. The van der Waals surface area contributed by atoms with Gasteiger partial charge in [0.1, 0.15) is 0 Å². The van der Waals surface area contributed by atoms with Crippen LogP contribution in [-0.2, 0) is 4.74 Å². The first-order valence-electron chi connectivity index (χ1n) is 15.4. The molecule has 0 aromatic rings. The molecule has 0 saturated heterocycles. The molecule has 0 fully saturated rings. The molecular weight excluding hydrogens is 1380 g/mol. The van der Waals surface area contributed by atoms with Crippen LogP contribution in [0.3, 0.4) is 0 Å². The molecule has 1 nitrogen and oxygen atoms in total. The number of ether oxygens (including phenoxy) is 1. The molecular formula is C24Br2F48O. The minimum absolute atomic E-state index is 0.234. The summed E-state index contributed by atoms with van der Waals surface area (Å²) in [5.74, 6) is -144. The molecule has 2 atom stereocenters. The van der Waals surface area contributed by atoms with Crippen LogP contribution in [0.4, 0.5) is 211 Å². The first-order chi connectivity index (χ1) is 31.2. The lowest BCUT2D eigenvalue weighted by Crippen LogP contribution is -2.79. The maximum Gasteiger partial charge on any atom is 0.436 e. The van der Waals surface area contributed by atoms with Gasteiger partial charge in [-0.15, -0.1) is 0 Å². The van der Waals surface area contributed by atoms with E-state index in [4.69, 9.17) is 0 Å². The molecule has 2 unspecified atom stereocenters. The predicted octanol–water partition coefficient (Wildman–Crippen LogP) is 16.9.